The third-order valence-corrected chi connectivity index (χ3v) is 4.35. The van der Waals surface area contributed by atoms with Crippen LogP contribution in [-0.2, 0) is 0 Å². The minimum atomic E-state index is -0.00465. The number of halogens is 1. The van der Waals surface area contributed by atoms with Gasteiger partial charge in [-0.15, -0.1) is 0 Å². The van der Waals surface area contributed by atoms with Gasteiger partial charge in [0.15, 0.2) is 5.78 Å². The van der Waals surface area contributed by atoms with E-state index in [0.29, 0.717) is 17.0 Å². The van der Waals surface area contributed by atoms with Crippen LogP contribution in [0.3, 0.4) is 0 Å². The number of rotatable bonds is 5. The van der Waals surface area contributed by atoms with Crippen LogP contribution in [0, 0.1) is 0 Å². The van der Waals surface area contributed by atoms with E-state index in [9.17, 15) is 4.79 Å². The van der Waals surface area contributed by atoms with Crippen molar-refractivity contribution in [3.05, 3.63) is 101 Å². The second kappa shape index (κ2) is 7.33. The number of ketones is 1. The molecule has 24 heavy (non-hydrogen) atoms. The first-order chi connectivity index (χ1) is 11.6. The molecule has 0 aliphatic carbocycles. The summed E-state index contributed by atoms with van der Waals surface area (Å²) < 4.78 is 0. The number of anilines is 1. The maximum absolute atomic E-state index is 12.7. The molecular weight excluding hydrogens is 318 g/mol. The summed E-state index contributed by atoms with van der Waals surface area (Å²) in [5, 5.41) is 0.629. The van der Waals surface area contributed by atoms with Gasteiger partial charge in [-0.2, -0.15) is 0 Å². The third kappa shape index (κ3) is 3.84. The highest BCUT2D eigenvalue weighted by Gasteiger charge is 2.19. The highest BCUT2D eigenvalue weighted by atomic mass is 35.5. The number of benzene rings is 3. The molecule has 3 heteroatoms. The molecule has 0 spiro atoms. The van der Waals surface area contributed by atoms with Crippen LogP contribution < -0.4 is 5.73 Å². The molecule has 1 unspecified atom stereocenters. The number of nitrogens with two attached hydrogens (primary N) is 1. The van der Waals surface area contributed by atoms with Crippen molar-refractivity contribution < 1.29 is 4.79 Å². The van der Waals surface area contributed by atoms with Gasteiger partial charge >= 0.3 is 0 Å². The van der Waals surface area contributed by atoms with E-state index >= 15 is 0 Å². The molecule has 0 aliphatic rings. The van der Waals surface area contributed by atoms with E-state index in [1.807, 2.05) is 42.5 Å². The molecule has 0 aliphatic heterocycles. The second-order valence-electron chi connectivity index (χ2n) is 5.76. The number of carbonyl (C=O) groups excluding carboxylic acids is 1. The van der Waals surface area contributed by atoms with Crippen molar-refractivity contribution in [2.75, 3.05) is 5.73 Å². The molecule has 0 heterocycles. The van der Waals surface area contributed by atoms with Crippen LogP contribution in [-0.4, -0.2) is 5.78 Å². The van der Waals surface area contributed by atoms with Gasteiger partial charge in [0.1, 0.15) is 0 Å². The highest BCUT2D eigenvalue weighted by Crippen LogP contribution is 2.30. The van der Waals surface area contributed by atoms with Crippen LogP contribution in [0.2, 0.25) is 5.02 Å². The minimum absolute atomic E-state index is 0.00465. The van der Waals surface area contributed by atoms with Crippen LogP contribution in [0.1, 0.15) is 33.8 Å². The summed E-state index contributed by atoms with van der Waals surface area (Å²) in [5.74, 6) is 0.0901. The molecule has 2 N–H and O–H groups in total. The molecule has 0 radical (unpaired) electrons. The molecule has 0 saturated carbocycles. The van der Waals surface area contributed by atoms with Crippen molar-refractivity contribution in [2.24, 2.45) is 0 Å². The predicted octanol–water partition coefficient (Wildman–Crippen LogP) is 5.33. The van der Waals surface area contributed by atoms with Gasteiger partial charge in [0.2, 0.25) is 0 Å². The predicted molar refractivity (Wildman–Crippen MR) is 99.5 cm³/mol. The maximum atomic E-state index is 12.7. The number of Topliss-reactive ketones (excluding diaryl/α,β-unsaturated/α-hetero) is 1. The van der Waals surface area contributed by atoms with E-state index in [2.05, 4.69) is 12.1 Å². The number of nitrogen functional groups attached to an aromatic ring is 1. The summed E-state index contributed by atoms with van der Waals surface area (Å²) in [5.41, 5.74) is 9.38. The Morgan fingerprint density at radius 1 is 0.833 bits per heavy atom. The van der Waals surface area contributed by atoms with E-state index in [1.165, 1.54) is 0 Å². The monoisotopic (exact) mass is 335 g/mol. The summed E-state index contributed by atoms with van der Waals surface area (Å²) in [4.78, 5) is 12.7. The summed E-state index contributed by atoms with van der Waals surface area (Å²) in [6.07, 6.45) is 0.398. The zero-order valence-corrected chi connectivity index (χ0v) is 13.9. The second-order valence-corrected chi connectivity index (χ2v) is 6.20. The largest absolute Gasteiger partial charge is 0.399 e. The van der Waals surface area contributed by atoms with Gasteiger partial charge in [-0.05, 0) is 47.5 Å². The van der Waals surface area contributed by atoms with Crippen LogP contribution in [0.15, 0.2) is 78.9 Å². The lowest BCUT2D eigenvalue weighted by atomic mass is 9.86. The lowest BCUT2D eigenvalue weighted by Gasteiger charge is -2.18. The molecular formula is C21H18ClNO. The fraction of sp³-hybridized carbons (Fsp3) is 0.0952. The van der Waals surface area contributed by atoms with Gasteiger partial charge in [0.25, 0.3) is 0 Å². The Kier molecular flexibility index (Phi) is 4.97. The van der Waals surface area contributed by atoms with E-state index in [1.54, 1.807) is 24.3 Å². The fourth-order valence-corrected chi connectivity index (χ4v) is 2.91. The van der Waals surface area contributed by atoms with E-state index < -0.39 is 0 Å². The first kappa shape index (κ1) is 16.3. The van der Waals surface area contributed by atoms with E-state index in [-0.39, 0.29) is 11.7 Å². The Balaban J connectivity index is 1.91. The van der Waals surface area contributed by atoms with Gasteiger partial charge < -0.3 is 5.73 Å². The molecule has 0 amide bonds. The Bertz CT molecular complexity index is 811. The fourth-order valence-electron chi connectivity index (χ4n) is 2.78. The average molecular weight is 336 g/mol. The molecule has 0 bridgehead atoms. The quantitative estimate of drug-likeness (QED) is 0.506. The Hall–Kier alpha value is -2.58. The molecule has 3 aromatic rings. The lowest BCUT2D eigenvalue weighted by Crippen LogP contribution is -2.09. The Labute approximate surface area is 146 Å². The van der Waals surface area contributed by atoms with Crippen LogP contribution >= 0.6 is 11.6 Å². The topological polar surface area (TPSA) is 43.1 Å². The first-order valence-corrected chi connectivity index (χ1v) is 8.20. The van der Waals surface area contributed by atoms with Crippen molar-refractivity contribution in [1.82, 2.24) is 0 Å². The van der Waals surface area contributed by atoms with Crippen molar-refractivity contribution >= 4 is 23.1 Å². The molecule has 0 saturated heterocycles. The Morgan fingerprint density at radius 2 is 1.42 bits per heavy atom. The molecule has 0 aromatic heterocycles. The van der Waals surface area contributed by atoms with Crippen LogP contribution in [0.25, 0.3) is 0 Å². The van der Waals surface area contributed by atoms with Crippen molar-refractivity contribution in [3.8, 4) is 0 Å². The lowest BCUT2D eigenvalue weighted by molar-refractivity contribution is 0.0977. The maximum Gasteiger partial charge on any atom is 0.163 e. The van der Waals surface area contributed by atoms with Gasteiger partial charge in [0.05, 0.1) is 0 Å². The smallest absolute Gasteiger partial charge is 0.163 e. The summed E-state index contributed by atoms with van der Waals surface area (Å²) in [6, 6.07) is 24.8. The Morgan fingerprint density at radius 3 is 2.04 bits per heavy atom. The molecule has 2 nitrogen and oxygen atoms in total. The third-order valence-electron chi connectivity index (χ3n) is 4.10. The van der Waals surface area contributed by atoms with Gasteiger partial charge in [-0.25, -0.2) is 0 Å². The van der Waals surface area contributed by atoms with Gasteiger partial charge in [-0.1, -0.05) is 54.1 Å². The molecule has 120 valence electrons. The van der Waals surface area contributed by atoms with Crippen LogP contribution in [0.4, 0.5) is 5.69 Å². The summed E-state index contributed by atoms with van der Waals surface area (Å²) >= 11 is 5.91. The normalized spacial score (nSPS) is 11.9. The minimum Gasteiger partial charge on any atom is -0.399 e. The first-order valence-electron chi connectivity index (χ1n) is 7.82. The number of hydrogen-bond acceptors (Lipinski definition) is 2. The molecule has 1 atom stereocenters. The zero-order valence-electron chi connectivity index (χ0n) is 13.2. The van der Waals surface area contributed by atoms with Crippen molar-refractivity contribution in [1.29, 1.82) is 0 Å². The van der Waals surface area contributed by atoms with Gasteiger partial charge in [0, 0.05) is 28.6 Å². The van der Waals surface area contributed by atoms with Crippen LogP contribution in [0.5, 0.6) is 0 Å². The average Bonchev–Trinajstić information content (AvgIpc) is 2.62. The summed E-state index contributed by atoms with van der Waals surface area (Å²) in [7, 11) is 0. The molecule has 3 rings (SSSR count). The van der Waals surface area contributed by atoms with Crippen molar-refractivity contribution in [2.45, 2.75) is 12.3 Å². The number of hydrogen-bond donors (Lipinski definition) is 1. The number of carbonyl (C=O) groups is 1. The molecule has 0 fully saturated rings. The van der Waals surface area contributed by atoms with Crippen molar-refractivity contribution in [3.63, 3.8) is 0 Å². The standard InChI is InChI=1S/C21H18ClNO/c22-18-10-6-17(7-11-18)21(24)14-20(15-4-2-1-3-5-15)16-8-12-19(23)13-9-16/h1-13,20H,14,23H2. The summed E-state index contributed by atoms with van der Waals surface area (Å²) in [6.45, 7) is 0. The van der Waals surface area contributed by atoms with E-state index in [4.69, 9.17) is 17.3 Å². The zero-order chi connectivity index (χ0) is 16.9. The molecule has 3 aromatic carbocycles. The van der Waals surface area contributed by atoms with E-state index in [0.717, 1.165) is 16.8 Å². The SMILES string of the molecule is Nc1ccc(C(CC(=O)c2ccc(Cl)cc2)c2ccccc2)cc1. The van der Waals surface area contributed by atoms with Gasteiger partial charge in [-0.3, -0.25) is 4.79 Å². The highest BCUT2D eigenvalue weighted by molar-refractivity contribution is 6.30.